The third-order valence-electron chi connectivity index (χ3n) is 7.60. The number of nitrogens with one attached hydrogen (secondary N) is 1. The number of carbonyl (C=O) groups excluding carboxylic acids is 2. The Bertz CT molecular complexity index is 1310. The average molecular weight is 531 g/mol. The zero-order valence-electron chi connectivity index (χ0n) is 23.3. The van der Waals surface area contributed by atoms with Crippen molar-refractivity contribution < 1.29 is 24.2 Å². The minimum Gasteiger partial charge on any atom is -0.508 e. The van der Waals surface area contributed by atoms with Crippen molar-refractivity contribution in [3.63, 3.8) is 0 Å². The molecule has 0 amide bonds. The Kier molecular flexibility index (Phi) is 8.79. The van der Waals surface area contributed by atoms with E-state index in [-0.39, 0.29) is 23.8 Å². The molecular formula is C32H38N2O5. The predicted octanol–water partition coefficient (Wildman–Crippen LogP) is 5.51. The number of esters is 1. The number of allylic oxidation sites excluding steroid dienone is 4. The van der Waals surface area contributed by atoms with E-state index in [0.29, 0.717) is 36.3 Å². The molecule has 0 spiro atoms. The number of rotatable bonds is 4. The average Bonchev–Trinajstić information content (AvgIpc) is 2.90. The molecule has 7 heteroatoms. The van der Waals surface area contributed by atoms with Crippen LogP contribution in [0.3, 0.4) is 0 Å². The molecule has 0 unspecified atom stereocenters. The zero-order valence-corrected chi connectivity index (χ0v) is 23.3. The van der Waals surface area contributed by atoms with Crippen LogP contribution in [0.25, 0.3) is 0 Å². The topological polar surface area (TPSA) is 88.1 Å². The van der Waals surface area contributed by atoms with Crippen molar-refractivity contribution in [2.45, 2.75) is 58.0 Å². The fourth-order valence-corrected chi connectivity index (χ4v) is 5.34. The van der Waals surface area contributed by atoms with Crippen LogP contribution in [0.15, 0.2) is 83.3 Å². The molecule has 2 N–H and O–H groups in total. The first-order chi connectivity index (χ1) is 18.7. The van der Waals surface area contributed by atoms with Gasteiger partial charge in [-0.25, -0.2) is 4.79 Å². The molecule has 2 aromatic rings. The van der Waals surface area contributed by atoms with E-state index in [2.05, 4.69) is 11.9 Å². The number of para-hydroxylation sites is 1. The molecule has 0 radical (unpaired) electrons. The van der Waals surface area contributed by atoms with Gasteiger partial charge in [0.1, 0.15) is 17.6 Å². The molecule has 0 bridgehead atoms. The van der Waals surface area contributed by atoms with E-state index in [1.807, 2.05) is 62.2 Å². The molecule has 2 atom stereocenters. The van der Waals surface area contributed by atoms with Gasteiger partial charge in [0.2, 0.25) is 0 Å². The Morgan fingerprint density at radius 3 is 2.56 bits per heavy atom. The molecule has 2 heterocycles. The number of phenolic OH excluding ortho intramolecular Hbond substituents is 1. The predicted molar refractivity (Wildman–Crippen MR) is 151 cm³/mol. The van der Waals surface area contributed by atoms with Gasteiger partial charge in [-0.15, -0.1) is 0 Å². The van der Waals surface area contributed by atoms with Gasteiger partial charge in [-0.1, -0.05) is 36.9 Å². The molecule has 3 aliphatic rings. The maximum atomic E-state index is 13.0. The fraction of sp³-hybridized carbons (Fsp3) is 0.375. The van der Waals surface area contributed by atoms with Crippen LogP contribution in [0.1, 0.15) is 56.1 Å². The SMILES string of the molecule is C=C1CC[C@@H](OC(=O)C2=C(C)NC3=C(C2)C(=O)C[C@H](c2ccccc2OC)C3)CN1C.Cc1cccc(O)c1. The van der Waals surface area contributed by atoms with Crippen molar-refractivity contribution >= 4 is 11.8 Å². The van der Waals surface area contributed by atoms with E-state index in [0.717, 1.165) is 53.2 Å². The number of Topliss-reactive ketones (excluding diaryl/α,β-unsaturated/α-hetero) is 1. The first kappa shape index (κ1) is 28.0. The second-order valence-corrected chi connectivity index (χ2v) is 10.5. The van der Waals surface area contributed by atoms with Crippen molar-refractivity contribution in [3.8, 4) is 11.5 Å². The number of carbonyl (C=O) groups is 2. The zero-order chi connectivity index (χ0) is 28.1. The molecular weight excluding hydrogens is 492 g/mol. The van der Waals surface area contributed by atoms with E-state index >= 15 is 0 Å². The fourth-order valence-electron chi connectivity index (χ4n) is 5.34. The van der Waals surface area contributed by atoms with E-state index in [9.17, 15) is 9.59 Å². The molecule has 0 saturated carbocycles. The number of ketones is 1. The Labute approximate surface area is 230 Å². The van der Waals surface area contributed by atoms with Gasteiger partial charge in [0.25, 0.3) is 0 Å². The largest absolute Gasteiger partial charge is 0.508 e. The van der Waals surface area contributed by atoms with Crippen molar-refractivity contribution in [1.29, 1.82) is 0 Å². The van der Waals surface area contributed by atoms with Gasteiger partial charge in [0, 0.05) is 48.5 Å². The summed E-state index contributed by atoms with van der Waals surface area (Å²) in [4.78, 5) is 28.0. The number of nitrogens with zero attached hydrogens (tertiary/aromatic N) is 1. The number of hydrogen-bond acceptors (Lipinski definition) is 7. The van der Waals surface area contributed by atoms with Crippen molar-refractivity contribution in [1.82, 2.24) is 10.2 Å². The Balaban J connectivity index is 0.000000379. The van der Waals surface area contributed by atoms with Crippen LogP contribution in [0, 0.1) is 6.92 Å². The van der Waals surface area contributed by atoms with Crippen LogP contribution in [0.2, 0.25) is 0 Å². The summed E-state index contributed by atoms with van der Waals surface area (Å²) < 4.78 is 11.3. The Morgan fingerprint density at radius 2 is 1.90 bits per heavy atom. The highest BCUT2D eigenvalue weighted by molar-refractivity contribution is 6.01. The summed E-state index contributed by atoms with van der Waals surface area (Å²) in [6, 6.07) is 15.0. The molecule has 0 aromatic heterocycles. The molecule has 2 aromatic carbocycles. The number of likely N-dealkylation sites (tertiary alicyclic amines) is 1. The summed E-state index contributed by atoms with van der Waals surface area (Å²) in [6.45, 7) is 8.49. The Morgan fingerprint density at radius 1 is 1.13 bits per heavy atom. The quantitative estimate of drug-likeness (QED) is 0.504. The van der Waals surface area contributed by atoms with Gasteiger partial charge in [-0.2, -0.15) is 0 Å². The smallest absolute Gasteiger partial charge is 0.336 e. The first-order valence-corrected chi connectivity index (χ1v) is 13.4. The number of ether oxygens (including phenoxy) is 2. The molecule has 1 fully saturated rings. The number of aryl methyl sites for hydroxylation is 1. The van der Waals surface area contributed by atoms with Gasteiger partial charge < -0.3 is 24.8 Å². The highest BCUT2D eigenvalue weighted by atomic mass is 16.5. The lowest BCUT2D eigenvalue weighted by Gasteiger charge is -2.34. The van der Waals surface area contributed by atoms with Crippen LogP contribution in [0.5, 0.6) is 11.5 Å². The van der Waals surface area contributed by atoms with Gasteiger partial charge in [0.15, 0.2) is 5.78 Å². The summed E-state index contributed by atoms with van der Waals surface area (Å²) in [6.07, 6.45) is 2.91. The maximum absolute atomic E-state index is 13.0. The van der Waals surface area contributed by atoms with E-state index in [4.69, 9.17) is 14.6 Å². The van der Waals surface area contributed by atoms with Crippen molar-refractivity contribution in [3.05, 3.63) is 94.5 Å². The van der Waals surface area contributed by atoms with E-state index in [1.165, 1.54) is 0 Å². The number of likely N-dealkylation sites (N-methyl/N-ethyl adjacent to an activating group) is 1. The summed E-state index contributed by atoms with van der Waals surface area (Å²) in [7, 11) is 3.61. The summed E-state index contributed by atoms with van der Waals surface area (Å²) in [5, 5.41) is 12.2. The molecule has 1 aliphatic carbocycles. The monoisotopic (exact) mass is 530 g/mol. The highest BCUT2D eigenvalue weighted by Crippen LogP contribution is 2.41. The van der Waals surface area contributed by atoms with Crippen molar-refractivity contribution in [2.24, 2.45) is 0 Å². The number of hydrogen-bond donors (Lipinski definition) is 2. The van der Waals surface area contributed by atoms with Gasteiger partial charge in [-0.3, -0.25) is 4.79 Å². The van der Waals surface area contributed by atoms with Gasteiger partial charge in [0.05, 0.1) is 19.2 Å². The van der Waals surface area contributed by atoms with E-state index in [1.54, 1.807) is 19.2 Å². The normalized spacial score (nSPS) is 21.0. The number of piperidine rings is 1. The second kappa shape index (κ2) is 12.2. The first-order valence-electron chi connectivity index (χ1n) is 13.4. The molecule has 39 heavy (non-hydrogen) atoms. The minimum absolute atomic E-state index is 0.0575. The number of methoxy groups -OCH3 is 1. The van der Waals surface area contributed by atoms with Crippen LogP contribution in [0.4, 0.5) is 0 Å². The lowest BCUT2D eigenvalue weighted by Crippen LogP contribution is -2.38. The lowest BCUT2D eigenvalue weighted by atomic mass is 9.78. The summed E-state index contributed by atoms with van der Waals surface area (Å²) >= 11 is 0. The third-order valence-corrected chi connectivity index (χ3v) is 7.60. The van der Waals surface area contributed by atoms with Crippen LogP contribution in [-0.4, -0.2) is 48.6 Å². The van der Waals surface area contributed by atoms with Gasteiger partial charge in [-0.05, 0) is 62.4 Å². The summed E-state index contributed by atoms with van der Waals surface area (Å²) in [5.74, 6) is 0.946. The lowest BCUT2D eigenvalue weighted by molar-refractivity contribution is -0.146. The molecule has 1 saturated heterocycles. The van der Waals surface area contributed by atoms with Crippen LogP contribution >= 0.6 is 0 Å². The molecule has 5 rings (SSSR count). The van der Waals surface area contributed by atoms with Crippen LogP contribution in [-0.2, 0) is 14.3 Å². The van der Waals surface area contributed by atoms with Crippen LogP contribution < -0.4 is 10.1 Å². The highest BCUT2D eigenvalue weighted by Gasteiger charge is 2.35. The van der Waals surface area contributed by atoms with E-state index < -0.39 is 0 Å². The number of phenols is 1. The minimum atomic E-state index is -0.331. The number of dihydropyridines is 1. The summed E-state index contributed by atoms with van der Waals surface area (Å²) in [5.41, 5.74) is 6.13. The molecule has 2 aliphatic heterocycles. The standard InChI is InChI=1S/C25H30N2O4.C7H8O/c1-15-9-10-18(14-27(15)3)31-25(29)20-13-21-22(26-16(20)2)11-17(12-23(21)28)19-7-5-6-8-24(19)30-4;1-6-3-2-4-7(8)5-6/h5-8,17-18,26H,1,9-14H2,2-4H3;2-5,8H,1H3/t17-,18-;/m1./s1. The third kappa shape index (κ3) is 6.72. The Hall–Kier alpha value is -4.00. The maximum Gasteiger partial charge on any atom is 0.336 e. The number of benzene rings is 2. The number of aromatic hydroxyl groups is 1. The second-order valence-electron chi connectivity index (χ2n) is 10.5. The molecule has 206 valence electrons. The molecule has 7 nitrogen and oxygen atoms in total. The van der Waals surface area contributed by atoms with Gasteiger partial charge >= 0.3 is 5.97 Å². The van der Waals surface area contributed by atoms with Crippen molar-refractivity contribution in [2.75, 3.05) is 20.7 Å².